The van der Waals surface area contributed by atoms with E-state index in [0.29, 0.717) is 0 Å². The Balaban J connectivity index is 1.68. The molecule has 0 radical (unpaired) electrons. The molecule has 0 saturated heterocycles. The van der Waals surface area contributed by atoms with Crippen LogP contribution in [-0.4, -0.2) is 15.0 Å². The lowest BCUT2D eigenvalue weighted by atomic mass is 9.85. The van der Waals surface area contributed by atoms with E-state index in [1.807, 2.05) is 45.8 Å². The Hall–Kier alpha value is -1.51. The fraction of sp³-hybridized carbons (Fsp3) is 0.333. The molecule has 0 amide bonds. The molecule has 34 heavy (non-hydrogen) atoms. The van der Waals surface area contributed by atoms with Gasteiger partial charge in [-0.15, -0.1) is 45.8 Å². The Kier molecular flexibility index (Phi) is 5.22. The molecule has 4 aromatic heterocycles. The van der Waals surface area contributed by atoms with Crippen molar-refractivity contribution in [3.8, 4) is 10.4 Å². The highest BCUT2D eigenvalue weighted by molar-refractivity contribution is 8.00. The van der Waals surface area contributed by atoms with Gasteiger partial charge in [0, 0.05) is 36.2 Å². The summed E-state index contributed by atoms with van der Waals surface area (Å²) in [7, 11) is 0. The normalized spacial score (nSPS) is 13.3. The van der Waals surface area contributed by atoms with E-state index >= 15 is 0 Å². The first-order chi connectivity index (χ1) is 16.1. The van der Waals surface area contributed by atoms with Gasteiger partial charge in [-0.2, -0.15) is 8.75 Å². The van der Waals surface area contributed by atoms with E-state index in [1.165, 1.54) is 67.1 Å². The Morgan fingerprint density at radius 3 is 2.12 bits per heavy atom. The van der Waals surface area contributed by atoms with Gasteiger partial charge in [0.25, 0.3) is 0 Å². The summed E-state index contributed by atoms with van der Waals surface area (Å²) in [6.07, 6.45) is 2.18. The molecule has 0 aliphatic carbocycles. The van der Waals surface area contributed by atoms with E-state index in [2.05, 4.69) is 78.1 Å². The molecule has 0 unspecified atom stereocenters. The van der Waals surface area contributed by atoms with E-state index in [9.17, 15) is 0 Å². The Morgan fingerprint density at radius 1 is 0.706 bits per heavy atom. The molecular weight excluding hydrogens is 513 g/mol. The van der Waals surface area contributed by atoms with Crippen LogP contribution in [-0.2, 0) is 10.8 Å². The molecule has 0 N–H and O–H groups in total. The van der Waals surface area contributed by atoms with Gasteiger partial charge in [-0.25, -0.2) is 0 Å². The molecule has 6 rings (SSSR count). The second-order valence-corrected chi connectivity index (χ2v) is 15.6. The minimum Gasteiger partial charge on any atom is -0.173 e. The monoisotopic (exact) mass is 538 g/mol. The number of rotatable bonds is 2. The SMILES string of the molecule is CSc1cc2c3cc(-c4ccc(C(C)(C)C)c5nsnc45)sc3c3sc(C(C)(C)C)cc3c2s1. The molecule has 0 saturated carbocycles. The predicted molar refractivity (Wildman–Crippen MR) is 158 cm³/mol. The van der Waals surface area contributed by atoms with Crippen molar-refractivity contribution in [2.45, 2.75) is 56.6 Å². The topological polar surface area (TPSA) is 25.8 Å². The number of benzene rings is 2. The Bertz CT molecular complexity index is 1710. The number of thioether (sulfide) groups is 1. The molecular formula is C27H26N2S5. The van der Waals surface area contributed by atoms with Crippen molar-refractivity contribution in [2.24, 2.45) is 0 Å². The summed E-state index contributed by atoms with van der Waals surface area (Å²) in [4.78, 5) is 2.73. The molecule has 0 fully saturated rings. The molecule has 0 spiro atoms. The molecule has 7 heteroatoms. The van der Waals surface area contributed by atoms with Crippen LogP contribution in [0.2, 0.25) is 0 Å². The molecule has 0 bridgehead atoms. The maximum absolute atomic E-state index is 4.76. The number of hydrogen-bond donors (Lipinski definition) is 0. The van der Waals surface area contributed by atoms with Crippen molar-refractivity contribution < 1.29 is 0 Å². The first kappa shape index (κ1) is 22.9. The highest BCUT2D eigenvalue weighted by Gasteiger charge is 2.24. The number of hydrogen-bond acceptors (Lipinski definition) is 7. The highest BCUT2D eigenvalue weighted by atomic mass is 32.2. The van der Waals surface area contributed by atoms with Gasteiger partial charge in [0.15, 0.2) is 0 Å². The van der Waals surface area contributed by atoms with Crippen LogP contribution in [0.3, 0.4) is 0 Å². The zero-order chi connectivity index (χ0) is 24.0. The second-order valence-electron chi connectivity index (χ2n) is 10.8. The molecule has 2 aromatic carbocycles. The smallest absolute Gasteiger partial charge is 0.113 e. The first-order valence-corrected chi connectivity index (χ1v) is 15.7. The minimum absolute atomic E-state index is 0.0379. The molecule has 174 valence electrons. The molecule has 0 atom stereocenters. The summed E-state index contributed by atoms with van der Waals surface area (Å²) >= 11 is 8.98. The number of aromatic nitrogens is 2. The van der Waals surface area contributed by atoms with Crippen LogP contribution in [0.1, 0.15) is 52.0 Å². The van der Waals surface area contributed by atoms with Crippen LogP contribution in [0.4, 0.5) is 0 Å². The van der Waals surface area contributed by atoms with Gasteiger partial charge in [-0.05, 0) is 40.8 Å². The zero-order valence-corrected chi connectivity index (χ0v) is 24.4. The van der Waals surface area contributed by atoms with Gasteiger partial charge in [0.1, 0.15) is 11.0 Å². The standard InChI is InChI=1S/C27H26N2S5/c1-26(2,3)17-9-8-13(21-22(17)29-34-28-21)18-10-14-15-12-20(30-7)33-23(15)16-11-19(27(4,5)6)32-25(16)24(14)31-18/h8-12H,1-7H3. The summed E-state index contributed by atoms with van der Waals surface area (Å²) in [6, 6.07) is 11.8. The maximum Gasteiger partial charge on any atom is 0.113 e. The van der Waals surface area contributed by atoms with Crippen LogP contribution < -0.4 is 0 Å². The molecule has 0 aliphatic heterocycles. The summed E-state index contributed by atoms with van der Waals surface area (Å²) in [5.74, 6) is 0. The zero-order valence-electron chi connectivity index (χ0n) is 20.3. The fourth-order valence-electron chi connectivity index (χ4n) is 4.53. The van der Waals surface area contributed by atoms with Gasteiger partial charge in [0.05, 0.1) is 25.3 Å². The maximum atomic E-state index is 4.76. The van der Waals surface area contributed by atoms with Gasteiger partial charge < -0.3 is 0 Å². The van der Waals surface area contributed by atoms with E-state index in [-0.39, 0.29) is 10.8 Å². The number of nitrogens with zero attached hydrogens (tertiary/aromatic N) is 2. The van der Waals surface area contributed by atoms with Gasteiger partial charge >= 0.3 is 0 Å². The lowest BCUT2D eigenvalue weighted by molar-refractivity contribution is 0.595. The summed E-state index contributed by atoms with van der Waals surface area (Å²) in [5.41, 5.74) is 4.73. The van der Waals surface area contributed by atoms with E-state index < -0.39 is 0 Å². The van der Waals surface area contributed by atoms with E-state index in [4.69, 9.17) is 8.75 Å². The number of thiophene rings is 3. The van der Waals surface area contributed by atoms with Crippen molar-refractivity contribution in [1.82, 2.24) is 8.75 Å². The third kappa shape index (κ3) is 3.46. The van der Waals surface area contributed by atoms with Crippen molar-refractivity contribution in [3.63, 3.8) is 0 Å². The average molecular weight is 539 g/mol. The molecule has 0 aliphatic rings. The average Bonchev–Trinajstić information content (AvgIpc) is 3.54. The number of fused-ring (bicyclic) bond motifs is 7. The third-order valence-electron chi connectivity index (χ3n) is 6.34. The predicted octanol–water partition coefficient (Wildman–Crippen LogP) is 10.3. The first-order valence-electron chi connectivity index (χ1n) is 11.3. The van der Waals surface area contributed by atoms with Gasteiger partial charge in [-0.3, -0.25) is 0 Å². The fourth-order valence-corrected chi connectivity index (χ4v) is 9.49. The van der Waals surface area contributed by atoms with Crippen LogP contribution in [0.25, 0.3) is 51.7 Å². The van der Waals surface area contributed by atoms with Crippen molar-refractivity contribution in [1.29, 1.82) is 0 Å². The lowest BCUT2D eigenvalue weighted by Crippen LogP contribution is -2.11. The van der Waals surface area contributed by atoms with Crippen LogP contribution in [0.15, 0.2) is 34.5 Å². The van der Waals surface area contributed by atoms with Gasteiger partial charge in [-0.1, -0.05) is 53.7 Å². The van der Waals surface area contributed by atoms with E-state index in [1.54, 1.807) is 0 Å². The summed E-state index contributed by atoms with van der Waals surface area (Å²) < 4.78 is 15.1. The molecule has 4 heterocycles. The lowest BCUT2D eigenvalue weighted by Gasteiger charge is -2.19. The third-order valence-corrected chi connectivity index (χ3v) is 12.0. The Morgan fingerprint density at radius 2 is 1.41 bits per heavy atom. The highest BCUT2D eigenvalue weighted by Crippen LogP contribution is 2.51. The van der Waals surface area contributed by atoms with Crippen molar-refractivity contribution in [2.75, 3.05) is 6.26 Å². The summed E-state index contributed by atoms with van der Waals surface area (Å²) in [5, 5.41) is 4.17. The van der Waals surface area contributed by atoms with E-state index in [0.717, 1.165) is 11.0 Å². The van der Waals surface area contributed by atoms with Gasteiger partial charge in [0.2, 0.25) is 0 Å². The van der Waals surface area contributed by atoms with Crippen LogP contribution in [0.5, 0.6) is 0 Å². The quantitative estimate of drug-likeness (QED) is 0.205. The largest absolute Gasteiger partial charge is 0.173 e. The summed E-state index contributed by atoms with van der Waals surface area (Å²) in [6.45, 7) is 13.7. The van der Waals surface area contributed by atoms with Crippen LogP contribution >= 0.6 is 57.5 Å². The molecule has 2 nitrogen and oxygen atoms in total. The minimum atomic E-state index is 0.0379. The molecule has 6 aromatic rings. The van der Waals surface area contributed by atoms with Crippen LogP contribution in [0, 0.1) is 0 Å². The Labute approximate surface area is 220 Å². The van der Waals surface area contributed by atoms with Crippen molar-refractivity contribution in [3.05, 3.63) is 40.8 Å². The second kappa shape index (κ2) is 7.74. The van der Waals surface area contributed by atoms with Crippen molar-refractivity contribution >= 4 is 98.8 Å².